The van der Waals surface area contributed by atoms with E-state index >= 15 is 0 Å². The summed E-state index contributed by atoms with van der Waals surface area (Å²) in [5.74, 6) is -0.467. The van der Waals surface area contributed by atoms with Gasteiger partial charge in [0.1, 0.15) is 6.04 Å². The molecule has 1 N–H and O–H groups in total. The number of hydrogen-bond donors (Lipinski definition) is 1. The lowest BCUT2D eigenvalue weighted by molar-refractivity contribution is -0.121. The van der Waals surface area contributed by atoms with Crippen molar-refractivity contribution in [3.63, 3.8) is 0 Å². The minimum absolute atomic E-state index is 0.133. The number of carbonyl (C=O) groups excluding carboxylic acids is 2. The van der Waals surface area contributed by atoms with Gasteiger partial charge in [-0.05, 0) is 47.2 Å². The number of benzene rings is 3. The van der Waals surface area contributed by atoms with Gasteiger partial charge < -0.3 is 5.32 Å². The fourth-order valence-corrected chi connectivity index (χ4v) is 3.21. The van der Waals surface area contributed by atoms with Crippen LogP contribution in [-0.2, 0) is 9.59 Å². The summed E-state index contributed by atoms with van der Waals surface area (Å²) >= 11 is 5.87. The highest BCUT2D eigenvalue weighted by Crippen LogP contribution is 2.27. The molecule has 3 aromatic rings. The first-order valence-electron chi connectivity index (χ1n) is 7.99. The first kappa shape index (κ1) is 15.7. The smallest absolute Gasteiger partial charge is 0.256 e. The van der Waals surface area contributed by atoms with E-state index in [1.807, 2.05) is 42.5 Å². The molecule has 0 radical (unpaired) electrons. The summed E-state index contributed by atoms with van der Waals surface area (Å²) in [6.45, 7) is 0. The molecule has 0 bridgehead atoms. The number of fused-ring (bicyclic) bond motifs is 1. The minimum atomic E-state index is -0.565. The molecular weight excluding hydrogens is 336 g/mol. The number of hydrogen-bond acceptors (Lipinski definition) is 3. The van der Waals surface area contributed by atoms with Crippen molar-refractivity contribution in [2.24, 2.45) is 0 Å². The lowest BCUT2D eigenvalue weighted by atomic mass is 10.1. The Balaban J connectivity index is 1.57. The molecule has 1 fully saturated rings. The number of anilines is 2. The van der Waals surface area contributed by atoms with Crippen molar-refractivity contribution in [3.05, 3.63) is 71.8 Å². The summed E-state index contributed by atoms with van der Waals surface area (Å²) < 4.78 is 0. The topological polar surface area (TPSA) is 49.4 Å². The summed E-state index contributed by atoms with van der Waals surface area (Å²) in [5.41, 5.74) is 1.37. The maximum atomic E-state index is 12.7. The largest absolute Gasteiger partial charge is 0.373 e. The minimum Gasteiger partial charge on any atom is -0.373 e. The molecule has 1 aliphatic rings. The fourth-order valence-electron chi connectivity index (χ4n) is 3.09. The van der Waals surface area contributed by atoms with Gasteiger partial charge in [0, 0.05) is 10.7 Å². The first-order chi connectivity index (χ1) is 12.1. The van der Waals surface area contributed by atoms with Crippen LogP contribution in [0, 0.1) is 0 Å². The summed E-state index contributed by atoms with van der Waals surface area (Å²) in [6, 6.07) is 20.0. The van der Waals surface area contributed by atoms with Gasteiger partial charge in [0.25, 0.3) is 5.91 Å². The van der Waals surface area contributed by atoms with Crippen LogP contribution in [0.3, 0.4) is 0 Å². The van der Waals surface area contributed by atoms with E-state index in [0.29, 0.717) is 10.7 Å². The Morgan fingerprint density at radius 3 is 2.40 bits per heavy atom. The lowest BCUT2D eigenvalue weighted by Crippen LogP contribution is -2.34. The molecule has 0 aliphatic carbocycles. The van der Waals surface area contributed by atoms with Crippen molar-refractivity contribution in [1.82, 2.24) is 0 Å². The second kappa shape index (κ2) is 6.22. The summed E-state index contributed by atoms with van der Waals surface area (Å²) in [7, 11) is 0. The maximum Gasteiger partial charge on any atom is 0.256 e. The normalized spacial score (nSPS) is 17.3. The second-order valence-electron chi connectivity index (χ2n) is 6.01. The Hall–Kier alpha value is -2.85. The first-order valence-corrected chi connectivity index (χ1v) is 8.37. The number of nitrogens with one attached hydrogen (secondary N) is 1. The third-order valence-corrected chi connectivity index (χ3v) is 4.57. The number of amides is 2. The Kier molecular flexibility index (Phi) is 3.90. The zero-order valence-electron chi connectivity index (χ0n) is 13.3. The average molecular weight is 351 g/mol. The molecule has 1 aliphatic heterocycles. The van der Waals surface area contributed by atoms with Crippen LogP contribution in [0.4, 0.5) is 11.4 Å². The molecule has 3 aromatic carbocycles. The maximum absolute atomic E-state index is 12.7. The van der Waals surface area contributed by atoms with Gasteiger partial charge in [0.15, 0.2) is 0 Å². The Bertz CT molecular complexity index is 969. The Morgan fingerprint density at radius 1 is 0.920 bits per heavy atom. The van der Waals surface area contributed by atoms with Crippen LogP contribution >= 0.6 is 11.6 Å². The van der Waals surface area contributed by atoms with E-state index in [9.17, 15) is 9.59 Å². The van der Waals surface area contributed by atoms with Gasteiger partial charge in [-0.1, -0.05) is 41.9 Å². The number of rotatable bonds is 3. The van der Waals surface area contributed by atoms with Crippen LogP contribution in [0.1, 0.15) is 6.42 Å². The number of carbonyl (C=O) groups is 2. The van der Waals surface area contributed by atoms with Crippen molar-refractivity contribution in [3.8, 4) is 0 Å². The zero-order chi connectivity index (χ0) is 17.4. The molecule has 4 nitrogen and oxygen atoms in total. The fraction of sp³-hybridized carbons (Fsp3) is 0.100. The predicted molar refractivity (Wildman–Crippen MR) is 99.9 cm³/mol. The standard InChI is InChI=1S/C20H15ClN2O2/c21-15-6-9-17(10-7-15)23-19(24)12-18(20(23)25)22-16-8-5-13-3-1-2-4-14(13)11-16/h1-11,18,22H,12H2/t18-/m1/s1. The molecule has 5 heteroatoms. The van der Waals surface area contributed by atoms with Crippen LogP contribution in [0.5, 0.6) is 0 Å². The third-order valence-electron chi connectivity index (χ3n) is 4.32. The van der Waals surface area contributed by atoms with Crippen LogP contribution in [0.25, 0.3) is 10.8 Å². The van der Waals surface area contributed by atoms with Crippen LogP contribution in [0.2, 0.25) is 5.02 Å². The molecule has 2 amide bonds. The SMILES string of the molecule is O=C1C[C@@H](Nc2ccc3ccccc3c2)C(=O)N1c1ccc(Cl)cc1. The van der Waals surface area contributed by atoms with Gasteiger partial charge in [-0.2, -0.15) is 0 Å². The van der Waals surface area contributed by atoms with E-state index in [1.165, 1.54) is 4.90 Å². The zero-order valence-corrected chi connectivity index (χ0v) is 14.0. The van der Waals surface area contributed by atoms with Gasteiger partial charge in [0.05, 0.1) is 12.1 Å². The van der Waals surface area contributed by atoms with Crippen LogP contribution < -0.4 is 10.2 Å². The highest BCUT2D eigenvalue weighted by molar-refractivity contribution is 6.31. The van der Waals surface area contributed by atoms with Gasteiger partial charge in [-0.15, -0.1) is 0 Å². The molecule has 0 saturated carbocycles. The average Bonchev–Trinajstić information content (AvgIpc) is 2.89. The molecule has 1 atom stereocenters. The van der Waals surface area contributed by atoms with Crippen LogP contribution in [-0.4, -0.2) is 17.9 Å². The van der Waals surface area contributed by atoms with Gasteiger partial charge in [-0.3, -0.25) is 9.59 Å². The van der Waals surface area contributed by atoms with E-state index in [-0.39, 0.29) is 18.2 Å². The second-order valence-corrected chi connectivity index (χ2v) is 6.44. The van der Waals surface area contributed by atoms with E-state index in [4.69, 9.17) is 11.6 Å². The van der Waals surface area contributed by atoms with Gasteiger partial charge in [0.2, 0.25) is 5.91 Å². The summed E-state index contributed by atoms with van der Waals surface area (Å²) in [5, 5.41) is 5.96. The van der Waals surface area contributed by atoms with E-state index in [2.05, 4.69) is 5.32 Å². The molecule has 0 spiro atoms. The van der Waals surface area contributed by atoms with E-state index in [1.54, 1.807) is 24.3 Å². The number of imide groups is 1. The molecule has 25 heavy (non-hydrogen) atoms. The third kappa shape index (κ3) is 2.96. The molecule has 0 unspecified atom stereocenters. The molecular formula is C20H15ClN2O2. The Morgan fingerprint density at radius 2 is 1.64 bits per heavy atom. The van der Waals surface area contributed by atoms with Gasteiger partial charge in [-0.25, -0.2) is 4.90 Å². The van der Waals surface area contributed by atoms with Crippen molar-refractivity contribution < 1.29 is 9.59 Å². The van der Waals surface area contributed by atoms with Gasteiger partial charge >= 0.3 is 0 Å². The van der Waals surface area contributed by atoms with E-state index < -0.39 is 6.04 Å². The Labute approximate surface area is 150 Å². The monoisotopic (exact) mass is 350 g/mol. The highest BCUT2D eigenvalue weighted by atomic mass is 35.5. The van der Waals surface area contributed by atoms with Crippen LogP contribution in [0.15, 0.2) is 66.7 Å². The molecule has 124 valence electrons. The lowest BCUT2D eigenvalue weighted by Gasteiger charge is -2.16. The molecule has 1 heterocycles. The van der Waals surface area contributed by atoms with Crippen molar-refractivity contribution in [2.45, 2.75) is 12.5 Å². The molecule has 1 saturated heterocycles. The van der Waals surface area contributed by atoms with E-state index in [0.717, 1.165) is 16.5 Å². The summed E-state index contributed by atoms with van der Waals surface area (Å²) in [6.07, 6.45) is 0.133. The molecule has 0 aromatic heterocycles. The number of nitrogens with zero attached hydrogens (tertiary/aromatic N) is 1. The summed E-state index contributed by atoms with van der Waals surface area (Å²) in [4.78, 5) is 26.2. The van der Waals surface area contributed by atoms with Crippen molar-refractivity contribution in [1.29, 1.82) is 0 Å². The van der Waals surface area contributed by atoms with Crippen molar-refractivity contribution in [2.75, 3.05) is 10.2 Å². The molecule has 4 rings (SSSR count). The highest BCUT2D eigenvalue weighted by Gasteiger charge is 2.39. The quantitative estimate of drug-likeness (QED) is 0.719. The predicted octanol–water partition coefficient (Wildman–Crippen LogP) is 4.24. The van der Waals surface area contributed by atoms with Crippen molar-refractivity contribution >= 4 is 45.6 Å². The number of halogens is 1.